The molecule has 1 heterocycles. The number of hydrogen-bond acceptors (Lipinski definition) is 4. The molecule has 27 heavy (non-hydrogen) atoms. The number of hydrogen-bond donors (Lipinski definition) is 3. The van der Waals surface area contributed by atoms with Crippen molar-refractivity contribution in [2.75, 3.05) is 13.2 Å². The predicted octanol–water partition coefficient (Wildman–Crippen LogP) is 3.55. The van der Waals surface area contributed by atoms with Gasteiger partial charge in [0, 0.05) is 12.1 Å². The highest BCUT2D eigenvalue weighted by Crippen LogP contribution is 2.31. The van der Waals surface area contributed by atoms with Crippen LogP contribution in [0.1, 0.15) is 10.5 Å². The normalized spacial score (nSPS) is 11.8. The number of rotatable bonds is 7. The van der Waals surface area contributed by atoms with Gasteiger partial charge in [-0.3, -0.25) is 9.89 Å². The van der Waals surface area contributed by atoms with Gasteiger partial charge in [-0.2, -0.15) is 5.10 Å². The van der Waals surface area contributed by atoms with Gasteiger partial charge in [0.15, 0.2) is 0 Å². The highest BCUT2D eigenvalue weighted by molar-refractivity contribution is 6.42. The van der Waals surface area contributed by atoms with E-state index in [1.165, 1.54) is 0 Å². The van der Waals surface area contributed by atoms with Gasteiger partial charge in [-0.25, -0.2) is 0 Å². The number of aliphatic hydroxyl groups excluding tert-OH is 1. The van der Waals surface area contributed by atoms with Crippen LogP contribution in [0.2, 0.25) is 10.0 Å². The average molecular weight is 406 g/mol. The Bertz CT molecular complexity index is 916. The number of aromatic nitrogens is 2. The van der Waals surface area contributed by atoms with Crippen LogP contribution in [0.5, 0.6) is 5.75 Å². The molecule has 0 bridgehead atoms. The maximum absolute atomic E-state index is 12.2. The lowest BCUT2D eigenvalue weighted by molar-refractivity contribution is 0.0840. The molecule has 6 nitrogen and oxygen atoms in total. The van der Waals surface area contributed by atoms with Gasteiger partial charge in [-0.05, 0) is 18.2 Å². The third-order valence-electron chi connectivity index (χ3n) is 3.74. The highest BCUT2D eigenvalue weighted by Gasteiger charge is 2.14. The van der Waals surface area contributed by atoms with Gasteiger partial charge in [-0.1, -0.05) is 59.6 Å². The molecule has 0 fully saturated rings. The summed E-state index contributed by atoms with van der Waals surface area (Å²) in [6.45, 7) is -0.0324. The summed E-state index contributed by atoms with van der Waals surface area (Å²) in [5.41, 5.74) is 1.87. The summed E-state index contributed by atoms with van der Waals surface area (Å²) in [7, 11) is 0. The van der Waals surface area contributed by atoms with E-state index >= 15 is 0 Å². The molecule has 140 valence electrons. The molecular weight excluding hydrogens is 389 g/mol. The molecule has 3 rings (SSSR count). The van der Waals surface area contributed by atoms with Crippen LogP contribution in [0.4, 0.5) is 0 Å². The highest BCUT2D eigenvalue weighted by atomic mass is 35.5. The largest absolute Gasteiger partial charge is 0.489 e. The molecular formula is C19H17Cl2N3O3. The molecule has 3 aromatic rings. The molecule has 3 N–H and O–H groups in total. The van der Waals surface area contributed by atoms with Gasteiger partial charge in [0.2, 0.25) is 0 Å². The Morgan fingerprint density at radius 2 is 1.96 bits per heavy atom. The Morgan fingerprint density at radius 1 is 1.19 bits per heavy atom. The summed E-state index contributed by atoms with van der Waals surface area (Å²) in [6.07, 6.45) is -0.916. The van der Waals surface area contributed by atoms with E-state index in [1.54, 1.807) is 24.3 Å². The van der Waals surface area contributed by atoms with Crippen LogP contribution in [-0.4, -0.2) is 40.5 Å². The third-order valence-corrected chi connectivity index (χ3v) is 4.54. The summed E-state index contributed by atoms with van der Waals surface area (Å²) in [5, 5.41) is 20.1. The Hall–Kier alpha value is -2.54. The zero-order valence-electron chi connectivity index (χ0n) is 14.2. The zero-order valence-corrected chi connectivity index (χ0v) is 15.7. The van der Waals surface area contributed by atoms with E-state index in [1.807, 2.05) is 30.3 Å². The number of carbonyl (C=O) groups is 1. The lowest BCUT2D eigenvalue weighted by atomic mass is 10.1. The number of nitrogens with zero attached hydrogens (tertiary/aromatic N) is 1. The van der Waals surface area contributed by atoms with Crippen molar-refractivity contribution in [1.29, 1.82) is 0 Å². The van der Waals surface area contributed by atoms with Gasteiger partial charge in [-0.15, -0.1) is 0 Å². The maximum Gasteiger partial charge on any atom is 0.269 e. The van der Waals surface area contributed by atoms with E-state index < -0.39 is 6.10 Å². The second-order valence-electron chi connectivity index (χ2n) is 5.76. The molecule has 1 atom stereocenters. The van der Waals surface area contributed by atoms with E-state index in [0.29, 0.717) is 22.2 Å². The van der Waals surface area contributed by atoms with Crippen LogP contribution < -0.4 is 10.1 Å². The molecule has 8 heteroatoms. The first-order valence-electron chi connectivity index (χ1n) is 8.18. The Morgan fingerprint density at radius 3 is 2.74 bits per heavy atom. The molecule has 0 spiro atoms. The number of nitrogens with one attached hydrogen (secondary N) is 2. The van der Waals surface area contributed by atoms with E-state index in [2.05, 4.69) is 15.5 Å². The number of amides is 1. The minimum atomic E-state index is -0.916. The maximum atomic E-state index is 12.2. The van der Waals surface area contributed by atoms with Crippen molar-refractivity contribution in [1.82, 2.24) is 15.5 Å². The van der Waals surface area contributed by atoms with Crippen LogP contribution in [0.25, 0.3) is 11.3 Å². The lowest BCUT2D eigenvalue weighted by Gasteiger charge is -2.14. The standard InChI is InChI=1S/C19H17Cl2N3O3/c20-14-7-4-8-17(18(14)21)27-11-13(25)10-22-19(26)16-9-15(23-24-16)12-5-2-1-3-6-12/h1-9,13,25H,10-11H2,(H,22,26)(H,23,24). The fourth-order valence-corrected chi connectivity index (χ4v) is 2.69. The number of carbonyl (C=O) groups excluding carboxylic acids is 1. The molecule has 0 aliphatic rings. The fourth-order valence-electron chi connectivity index (χ4n) is 2.34. The molecule has 0 saturated heterocycles. The summed E-state index contributed by atoms with van der Waals surface area (Å²) < 4.78 is 5.44. The second-order valence-corrected chi connectivity index (χ2v) is 6.54. The number of benzene rings is 2. The number of aliphatic hydroxyl groups is 1. The van der Waals surface area contributed by atoms with Crippen molar-refractivity contribution in [2.24, 2.45) is 0 Å². The number of halogens is 2. The Balaban J connectivity index is 1.50. The first-order valence-corrected chi connectivity index (χ1v) is 8.94. The quantitative estimate of drug-likeness (QED) is 0.560. The molecule has 2 aromatic carbocycles. The van der Waals surface area contributed by atoms with Gasteiger partial charge in [0.1, 0.15) is 29.2 Å². The number of ether oxygens (including phenoxy) is 1. The van der Waals surface area contributed by atoms with Crippen molar-refractivity contribution < 1.29 is 14.6 Å². The Kier molecular flexibility index (Phi) is 6.34. The van der Waals surface area contributed by atoms with Gasteiger partial charge in [0.05, 0.1) is 10.7 Å². The van der Waals surface area contributed by atoms with Gasteiger partial charge < -0.3 is 15.2 Å². The van der Waals surface area contributed by atoms with Crippen LogP contribution in [0, 0.1) is 0 Å². The topological polar surface area (TPSA) is 87.2 Å². The third kappa shape index (κ3) is 5.01. The fraction of sp³-hybridized carbons (Fsp3) is 0.158. The average Bonchev–Trinajstić information content (AvgIpc) is 3.18. The van der Waals surface area contributed by atoms with Crippen molar-refractivity contribution >= 4 is 29.1 Å². The van der Waals surface area contributed by atoms with Crippen LogP contribution >= 0.6 is 23.2 Å². The lowest BCUT2D eigenvalue weighted by Crippen LogP contribution is -2.35. The van der Waals surface area contributed by atoms with Crippen LogP contribution in [0.15, 0.2) is 54.6 Å². The molecule has 1 aromatic heterocycles. The Labute approximate surface area is 166 Å². The second kappa shape index (κ2) is 8.90. The monoisotopic (exact) mass is 405 g/mol. The molecule has 0 radical (unpaired) electrons. The predicted molar refractivity (Wildman–Crippen MR) is 104 cm³/mol. The molecule has 1 unspecified atom stereocenters. The van der Waals surface area contributed by atoms with Crippen LogP contribution in [-0.2, 0) is 0 Å². The first-order chi connectivity index (χ1) is 13.0. The minimum absolute atomic E-state index is 0.0106. The van der Waals surface area contributed by atoms with Gasteiger partial charge >= 0.3 is 0 Å². The van der Waals surface area contributed by atoms with E-state index in [-0.39, 0.29) is 24.1 Å². The van der Waals surface area contributed by atoms with E-state index in [0.717, 1.165) is 5.56 Å². The van der Waals surface area contributed by atoms with Crippen molar-refractivity contribution in [2.45, 2.75) is 6.10 Å². The van der Waals surface area contributed by atoms with Gasteiger partial charge in [0.25, 0.3) is 5.91 Å². The smallest absolute Gasteiger partial charge is 0.269 e. The summed E-state index contributed by atoms with van der Waals surface area (Å²) >= 11 is 11.9. The minimum Gasteiger partial charge on any atom is -0.489 e. The summed E-state index contributed by atoms with van der Waals surface area (Å²) in [5.74, 6) is 0.000123. The molecule has 0 aliphatic carbocycles. The van der Waals surface area contributed by atoms with Crippen molar-refractivity contribution in [3.05, 3.63) is 70.3 Å². The molecule has 0 saturated carbocycles. The van der Waals surface area contributed by atoms with Crippen molar-refractivity contribution in [3.63, 3.8) is 0 Å². The SMILES string of the molecule is O=C(NCC(O)COc1cccc(Cl)c1Cl)c1cc(-c2ccccc2)n[nH]1. The molecule has 0 aliphatic heterocycles. The van der Waals surface area contributed by atoms with E-state index in [9.17, 15) is 9.90 Å². The zero-order chi connectivity index (χ0) is 19.2. The van der Waals surface area contributed by atoms with Crippen molar-refractivity contribution in [3.8, 4) is 17.0 Å². The number of H-pyrrole nitrogens is 1. The summed E-state index contributed by atoms with van der Waals surface area (Å²) in [6, 6.07) is 16.1. The van der Waals surface area contributed by atoms with Crippen LogP contribution in [0.3, 0.4) is 0 Å². The first kappa shape index (κ1) is 19.2. The molecule has 1 amide bonds. The summed E-state index contributed by atoms with van der Waals surface area (Å²) in [4.78, 5) is 12.2. The number of aromatic amines is 1. The van der Waals surface area contributed by atoms with E-state index in [4.69, 9.17) is 27.9 Å².